The van der Waals surface area contributed by atoms with Crippen LogP contribution in [0.4, 0.5) is 28.8 Å². The molecule has 2 atom stereocenters. The van der Waals surface area contributed by atoms with Crippen LogP contribution in [0.5, 0.6) is 0 Å². The highest BCUT2D eigenvalue weighted by molar-refractivity contribution is 7.23. The van der Waals surface area contributed by atoms with Crippen molar-refractivity contribution in [1.82, 2.24) is 15.3 Å². The molecule has 4 heterocycles. The highest BCUT2D eigenvalue weighted by Crippen LogP contribution is 2.48. The Morgan fingerprint density at radius 1 is 1.17 bits per heavy atom. The van der Waals surface area contributed by atoms with Gasteiger partial charge in [0.25, 0.3) is 0 Å². The van der Waals surface area contributed by atoms with Crippen LogP contribution in [-0.2, 0) is 9.53 Å². The first-order valence-electron chi connectivity index (χ1n) is 17.5. The smallest absolute Gasteiger partial charge is 0.412 e. The number of nitrogens with zero attached hydrogens (tertiary/aromatic N) is 5. The van der Waals surface area contributed by atoms with Crippen molar-refractivity contribution in [3.63, 3.8) is 0 Å². The van der Waals surface area contributed by atoms with Gasteiger partial charge < -0.3 is 14.7 Å². The number of nitriles is 1. The molecule has 2 aromatic carbocycles. The van der Waals surface area contributed by atoms with Crippen molar-refractivity contribution in [2.75, 3.05) is 22.9 Å². The van der Waals surface area contributed by atoms with Crippen molar-refractivity contribution in [3.8, 4) is 17.2 Å². The van der Waals surface area contributed by atoms with Crippen molar-refractivity contribution >= 4 is 66.8 Å². The van der Waals surface area contributed by atoms with Crippen LogP contribution >= 0.6 is 22.9 Å². The fourth-order valence-electron chi connectivity index (χ4n) is 7.38. The summed E-state index contributed by atoms with van der Waals surface area (Å²) in [6, 6.07) is 5.67. The molecular weight excluding hydrogens is 717 g/mol. The summed E-state index contributed by atoms with van der Waals surface area (Å²) in [4.78, 5) is 35.8. The number of unbranched alkanes of at least 4 members (excludes halogenated alkanes) is 5. The average molecular weight is 757 g/mol. The van der Waals surface area contributed by atoms with E-state index in [1.165, 1.54) is 18.6 Å². The number of carbonyl (C=O) groups is 2. The normalized spacial score (nSPS) is 18.6. The van der Waals surface area contributed by atoms with Gasteiger partial charge in [0.2, 0.25) is 0 Å². The number of hydrogen-bond donors (Lipinski definition) is 2. The van der Waals surface area contributed by atoms with Crippen LogP contribution in [0, 0.1) is 29.0 Å². The Labute approximate surface area is 308 Å². The van der Waals surface area contributed by atoms with E-state index in [1.54, 1.807) is 25.7 Å². The molecule has 2 bridgehead atoms. The molecule has 1 amide bonds. The van der Waals surface area contributed by atoms with Crippen molar-refractivity contribution in [1.29, 1.82) is 5.26 Å². The second-order valence-corrected chi connectivity index (χ2v) is 15.9. The number of aromatic nitrogens is 2. The van der Waals surface area contributed by atoms with E-state index in [-0.39, 0.29) is 62.7 Å². The maximum Gasteiger partial charge on any atom is 0.412 e. The van der Waals surface area contributed by atoms with Crippen LogP contribution in [0.3, 0.4) is 0 Å². The summed E-state index contributed by atoms with van der Waals surface area (Å²) >= 11 is 7.71. The molecule has 0 radical (unpaired) electrons. The van der Waals surface area contributed by atoms with E-state index in [0.29, 0.717) is 24.1 Å². The van der Waals surface area contributed by atoms with Gasteiger partial charge in [-0.2, -0.15) is 19.6 Å². The molecule has 15 heteroatoms. The number of benzene rings is 2. The molecule has 52 heavy (non-hydrogen) atoms. The van der Waals surface area contributed by atoms with E-state index in [9.17, 15) is 20.0 Å². The third-order valence-electron chi connectivity index (χ3n) is 9.64. The number of ether oxygens (including phenoxy) is 1. The summed E-state index contributed by atoms with van der Waals surface area (Å²) in [6.07, 6.45) is 5.09. The van der Waals surface area contributed by atoms with Gasteiger partial charge in [0.1, 0.15) is 28.2 Å². The summed E-state index contributed by atoms with van der Waals surface area (Å²) in [5.41, 5.74) is -3.50. The predicted octanol–water partition coefficient (Wildman–Crippen LogP) is 9.30. The van der Waals surface area contributed by atoms with Gasteiger partial charge in [-0.15, -0.1) is 11.3 Å². The molecule has 0 spiro atoms. The number of esters is 1. The fourth-order valence-corrected chi connectivity index (χ4v) is 9.01. The number of fused-ring (bicyclic) bond motifs is 4. The molecule has 276 valence electrons. The Kier molecular flexibility index (Phi) is 10.6. The lowest BCUT2D eigenvalue weighted by Gasteiger charge is -2.41. The molecule has 2 fully saturated rings. The zero-order chi connectivity index (χ0) is 37.5. The number of anilines is 2. The van der Waals surface area contributed by atoms with E-state index >= 15 is 13.2 Å². The van der Waals surface area contributed by atoms with Gasteiger partial charge in [-0.1, -0.05) is 50.6 Å². The SMILES string of the molecule is CCCCCCCCC(=O)OC12CCC(CN(c3nc(F)nc4c(F)c(-c5c(F)ccc6sc(N(C(=O)O)C(C)(C)C)c(C#N)c56)c(Cl)cc34)C1)N2. The molecule has 0 aliphatic carbocycles. The minimum absolute atomic E-state index is 0.0312. The summed E-state index contributed by atoms with van der Waals surface area (Å²) < 4.78 is 54.3. The van der Waals surface area contributed by atoms with Gasteiger partial charge in [0.15, 0.2) is 11.5 Å². The first-order valence-corrected chi connectivity index (χ1v) is 18.7. The Hall–Kier alpha value is -4.19. The van der Waals surface area contributed by atoms with E-state index in [0.717, 1.165) is 54.4 Å². The number of carbonyl (C=O) groups excluding carboxylic acids is 1. The van der Waals surface area contributed by atoms with Crippen molar-refractivity contribution in [2.45, 2.75) is 103 Å². The third kappa shape index (κ3) is 7.10. The van der Waals surface area contributed by atoms with Gasteiger partial charge in [0.05, 0.1) is 17.1 Å². The molecule has 2 N–H and O–H groups in total. The number of nitrogens with one attached hydrogen (secondary N) is 1. The Bertz CT molecular complexity index is 2100. The van der Waals surface area contributed by atoms with Crippen LogP contribution in [-0.4, -0.2) is 57.5 Å². The second-order valence-electron chi connectivity index (χ2n) is 14.5. The van der Waals surface area contributed by atoms with Gasteiger partial charge in [-0.05, 0) is 51.8 Å². The van der Waals surface area contributed by atoms with E-state index in [4.69, 9.17) is 16.3 Å². The molecule has 6 rings (SSSR count). The molecule has 0 saturated carbocycles. The van der Waals surface area contributed by atoms with Crippen molar-refractivity contribution < 1.29 is 32.6 Å². The standard InChI is InChI=1S/C37H40ClF3N6O4S/c1-5-6-7-8-9-10-11-26(48)51-37-15-14-20(45-37)18-46(19-37)32-21-16-23(38)28(30(40)31(21)43-34(41)44-32)29-24(39)12-13-25-27(29)22(17-42)33(52-25)47(35(49)50)36(2,3)4/h12-13,16,20,45H,5-11,14-15,18-19H2,1-4H3,(H,49,50). The number of halogens is 4. The summed E-state index contributed by atoms with van der Waals surface area (Å²) in [5.74, 6) is -2.36. The van der Waals surface area contributed by atoms with Crippen LogP contribution in [0.1, 0.15) is 91.0 Å². The number of amides is 1. The third-order valence-corrected chi connectivity index (χ3v) is 11.1. The fraction of sp³-hybridized carbons (Fsp3) is 0.486. The first kappa shape index (κ1) is 37.6. The Morgan fingerprint density at radius 3 is 2.60 bits per heavy atom. The van der Waals surface area contributed by atoms with Crippen molar-refractivity contribution in [2.24, 2.45) is 0 Å². The summed E-state index contributed by atoms with van der Waals surface area (Å²) in [5, 5.41) is 23.5. The molecule has 2 aliphatic rings. The summed E-state index contributed by atoms with van der Waals surface area (Å²) in [6.45, 7) is 7.55. The van der Waals surface area contributed by atoms with E-state index in [1.807, 2.05) is 6.07 Å². The number of carboxylic acid groups (broad SMARTS) is 1. The quantitative estimate of drug-likeness (QED) is 0.0873. The molecular formula is C37H40ClF3N6O4S. The number of rotatable bonds is 11. The van der Waals surface area contributed by atoms with Gasteiger partial charge in [-0.25, -0.2) is 13.6 Å². The Morgan fingerprint density at radius 2 is 1.90 bits per heavy atom. The molecule has 2 aromatic heterocycles. The predicted molar refractivity (Wildman–Crippen MR) is 195 cm³/mol. The Balaban J connectivity index is 1.39. The highest BCUT2D eigenvalue weighted by atomic mass is 35.5. The van der Waals surface area contributed by atoms with Crippen LogP contribution in [0.15, 0.2) is 18.2 Å². The van der Waals surface area contributed by atoms with E-state index in [2.05, 4.69) is 22.2 Å². The summed E-state index contributed by atoms with van der Waals surface area (Å²) in [7, 11) is 0. The molecule has 4 aromatic rings. The lowest BCUT2D eigenvalue weighted by molar-refractivity contribution is -0.162. The van der Waals surface area contributed by atoms with Crippen LogP contribution < -0.4 is 15.1 Å². The number of thiophene rings is 1. The largest absolute Gasteiger partial charge is 0.465 e. The molecule has 2 aliphatic heterocycles. The number of piperazine rings is 1. The maximum absolute atomic E-state index is 16.8. The highest BCUT2D eigenvalue weighted by Gasteiger charge is 2.48. The minimum atomic E-state index is -1.33. The monoisotopic (exact) mass is 756 g/mol. The minimum Gasteiger partial charge on any atom is -0.465 e. The lowest BCUT2D eigenvalue weighted by Crippen LogP contribution is -2.61. The van der Waals surface area contributed by atoms with Gasteiger partial charge in [0, 0.05) is 57.6 Å². The average Bonchev–Trinajstić information content (AvgIpc) is 3.57. The molecule has 2 saturated heterocycles. The molecule has 10 nitrogen and oxygen atoms in total. The first-order chi connectivity index (χ1) is 24.7. The zero-order valence-corrected chi connectivity index (χ0v) is 31.0. The lowest BCUT2D eigenvalue weighted by atomic mass is 9.96. The number of hydrogen-bond acceptors (Lipinski definition) is 9. The van der Waals surface area contributed by atoms with Gasteiger partial charge >= 0.3 is 18.1 Å². The van der Waals surface area contributed by atoms with Crippen LogP contribution in [0.25, 0.3) is 32.1 Å². The van der Waals surface area contributed by atoms with Crippen molar-refractivity contribution in [3.05, 3.63) is 46.5 Å². The van der Waals surface area contributed by atoms with Crippen LogP contribution in [0.2, 0.25) is 5.02 Å². The molecule has 2 unspecified atom stereocenters. The van der Waals surface area contributed by atoms with Gasteiger partial charge in [-0.3, -0.25) is 15.0 Å². The maximum atomic E-state index is 16.8. The van der Waals surface area contributed by atoms with E-state index < -0.39 is 46.1 Å². The zero-order valence-electron chi connectivity index (χ0n) is 29.4. The topological polar surface area (TPSA) is 132 Å². The second kappa shape index (κ2) is 14.7.